The summed E-state index contributed by atoms with van der Waals surface area (Å²) in [4.78, 5) is 12.4. The molecule has 0 aliphatic rings. The second-order valence-electron chi connectivity index (χ2n) is 6.41. The van der Waals surface area contributed by atoms with Crippen molar-refractivity contribution in [3.8, 4) is 5.75 Å². The first-order valence-electron chi connectivity index (χ1n) is 9.11. The van der Waals surface area contributed by atoms with E-state index >= 15 is 0 Å². The molecule has 0 bridgehead atoms. The van der Waals surface area contributed by atoms with Gasteiger partial charge in [0, 0.05) is 12.1 Å². The SMILES string of the molecule is O=C(NCCCc1ccccc1)c1cccc(OCc2ccc(Cl)c(Cl)c2)c1. The van der Waals surface area contributed by atoms with Gasteiger partial charge in [0.15, 0.2) is 0 Å². The van der Waals surface area contributed by atoms with Crippen LogP contribution in [0.4, 0.5) is 0 Å². The van der Waals surface area contributed by atoms with Crippen molar-refractivity contribution in [2.75, 3.05) is 6.54 Å². The summed E-state index contributed by atoms with van der Waals surface area (Å²) in [5.74, 6) is 0.524. The highest BCUT2D eigenvalue weighted by molar-refractivity contribution is 6.42. The van der Waals surface area contributed by atoms with Gasteiger partial charge in [-0.2, -0.15) is 0 Å². The molecular weight excluding hydrogens is 393 g/mol. The van der Waals surface area contributed by atoms with Gasteiger partial charge in [-0.3, -0.25) is 4.79 Å². The highest BCUT2D eigenvalue weighted by Crippen LogP contribution is 2.23. The maximum absolute atomic E-state index is 12.4. The third-order valence-corrected chi connectivity index (χ3v) is 5.00. The van der Waals surface area contributed by atoms with Crippen LogP contribution in [0.1, 0.15) is 27.9 Å². The van der Waals surface area contributed by atoms with E-state index in [0.717, 1.165) is 18.4 Å². The van der Waals surface area contributed by atoms with Gasteiger partial charge in [-0.15, -0.1) is 0 Å². The average Bonchev–Trinajstić information content (AvgIpc) is 2.73. The topological polar surface area (TPSA) is 38.3 Å². The Morgan fingerprint density at radius 1 is 0.857 bits per heavy atom. The van der Waals surface area contributed by atoms with Crippen LogP contribution in [-0.4, -0.2) is 12.5 Å². The van der Waals surface area contributed by atoms with Gasteiger partial charge in [0.2, 0.25) is 0 Å². The molecule has 3 rings (SSSR count). The van der Waals surface area contributed by atoms with Crippen molar-refractivity contribution < 1.29 is 9.53 Å². The molecule has 0 saturated heterocycles. The molecule has 0 aromatic heterocycles. The highest BCUT2D eigenvalue weighted by atomic mass is 35.5. The summed E-state index contributed by atoms with van der Waals surface area (Å²) in [6.45, 7) is 0.973. The van der Waals surface area contributed by atoms with E-state index in [1.165, 1.54) is 5.56 Å². The van der Waals surface area contributed by atoms with Gasteiger partial charge in [0.25, 0.3) is 5.91 Å². The van der Waals surface area contributed by atoms with Crippen LogP contribution in [0.25, 0.3) is 0 Å². The monoisotopic (exact) mass is 413 g/mol. The molecule has 3 nitrogen and oxygen atoms in total. The summed E-state index contributed by atoms with van der Waals surface area (Å²) >= 11 is 11.9. The summed E-state index contributed by atoms with van der Waals surface area (Å²) in [5.41, 5.74) is 2.76. The summed E-state index contributed by atoms with van der Waals surface area (Å²) in [6, 6.07) is 22.8. The van der Waals surface area contributed by atoms with Gasteiger partial charge in [-0.05, 0) is 54.3 Å². The van der Waals surface area contributed by atoms with E-state index in [1.54, 1.807) is 24.3 Å². The van der Waals surface area contributed by atoms with E-state index in [1.807, 2.05) is 36.4 Å². The fourth-order valence-corrected chi connectivity index (χ4v) is 3.09. The first-order chi connectivity index (χ1) is 13.6. The van der Waals surface area contributed by atoms with Gasteiger partial charge >= 0.3 is 0 Å². The Labute approximate surface area is 175 Å². The Kier molecular flexibility index (Phi) is 7.35. The fourth-order valence-electron chi connectivity index (χ4n) is 2.76. The smallest absolute Gasteiger partial charge is 0.251 e. The molecule has 3 aromatic carbocycles. The van der Waals surface area contributed by atoms with Crippen LogP contribution in [0.2, 0.25) is 10.0 Å². The number of benzene rings is 3. The average molecular weight is 414 g/mol. The lowest BCUT2D eigenvalue weighted by Crippen LogP contribution is -2.24. The van der Waals surface area contributed by atoms with E-state index in [4.69, 9.17) is 27.9 Å². The van der Waals surface area contributed by atoms with Crippen molar-refractivity contribution in [3.05, 3.63) is 99.5 Å². The maximum Gasteiger partial charge on any atom is 0.251 e. The van der Waals surface area contributed by atoms with Crippen molar-refractivity contribution in [1.29, 1.82) is 0 Å². The van der Waals surface area contributed by atoms with Crippen molar-refractivity contribution in [3.63, 3.8) is 0 Å². The van der Waals surface area contributed by atoms with Gasteiger partial charge < -0.3 is 10.1 Å². The molecular formula is C23H21Cl2NO2. The van der Waals surface area contributed by atoms with Gasteiger partial charge in [0.05, 0.1) is 10.0 Å². The molecule has 0 atom stereocenters. The van der Waals surface area contributed by atoms with Crippen LogP contribution in [0, 0.1) is 0 Å². The first kappa shape index (κ1) is 20.2. The normalized spacial score (nSPS) is 10.5. The predicted molar refractivity (Wildman–Crippen MR) is 114 cm³/mol. The molecule has 0 aliphatic heterocycles. The summed E-state index contributed by atoms with van der Waals surface area (Å²) in [6.07, 6.45) is 1.83. The number of hydrogen-bond acceptors (Lipinski definition) is 2. The third kappa shape index (κ3) is 6.01. The van der Waals surface area contributed by atoms with Crippen LogP contribution >= 0.6 is 23.2 Å². The summed E-state index contributed by atoms with van der Waals surface area (Å²) < 4.78 is 5.78. The fraction of sp³-hybridized carbons (Fsp3) is 0.174. The number of carbonyl (C=O) groups excluding carboxylic acids is 1. The lowest BCUT2D eigenvalue weighted by molar-refractivity contribution is 0.0952. The van der Waals surface area contributed by atoms with E-state index < -0.39 is 0 Å². The molecule has 1 N–H and O–H groups in total. The van der Waals surface area contributed by atoms with Gasteiger partial charge in [0.1, 0.15) is 12.4 Å². The van der Waals surface area contributed by atoms with E-state index in [9.17, 15) is 4.79 Å². The minimum absolute atomic E-state index is 0.104. The van der Waals surface area contributed by atoms with Crippen LogP contribution in [0.15, 0.2) is 72.8 Å². The van der Waals surface area contributed by atoms with Crippen molar-refractivity contribution >= 4 is 29.1 Å². The van der Waals surface area contributed by atoms with Crippen molar-refractivity contribution in [2.24, 2.45) is 0 Å². The van der Waals surface area contributed by atoms with Gasteiger partial charge in [-0.25, -0.2) is 0 Å². The molecule has 144 valence electrons. The second kappa shape index (κ2) is 10.2. The van der Waals surface area contributed by atoms with E-state index in [2.05, 4.69) is 17.4 Å². The zero-order valence-corrected chi connectivity index (χ0v) is 16.8. The Balaban J connectivity index is 1.49. The maximum atomic E-state index is 12.4. The molecule has 0 fully saturated rings. The zero-order valence-electron chi connectivity index (χ0n) is 15.3. The lowest BCUT2D eigenvalue weighted by Gasteiger charge is -2.09. The molecule has 0 radical (unpaired) electrons. The molecule has 0 spiro atoms. The lowest BCUT2D eigenvalue weighted by atomic mass is 10.1. The number of aryl methyl sites for hydroxylation is 1. The Morgan fingerprint density at radius 3 is 2.46 bits per heavy atom. The largest absolute Gasteiger partial charge is 0.489 e. The molecule has 0 unspecified atom stereocenters. The Bertz CT molecular complexity index is 929. The number of ether oxygens (including phenoxy) is 1. The second-order valence-corrected chi connectivity index (χ2v) is 7.22. The first-order valence-corrected chi connectivity index (χ1v) is 9.86. The predicted octanol–water partition coefficient (Wildman–Crippen LogP) is 5.94. The molecule has 5 heteroatoms. The molecule has 0 saturated carbocycles. The van der Waals surface area contributed by atoms with Crippen LogP contribution in [-0.2, 0) is 13.0 Å². The summed E-state index contributed by atoms with van der Waals surface area (Å²) in [5, 5.41) is 3.96. The number of hydrogen-bond donors (Lipinski definition) is 1. The van der Waals surface area contributed by atoms with Crippen LogP contribution < -0.4 is 10.1 Å². The van der Waals surface area contributed by atoms with E-state index in [0.29, 0.717) is 34.5 Å². The molecule has 3 aromatic rings. The number of nitrogens with one attached hydrogen (secondary N) is 1. The zero-order chi connectivity index (χ0) is 19.8. The minimum atomic E-state index is -0.104. The van der Waals surface area contributed by atoms with Crippen LogP contribution in [0.3, 0.4) is 0 Å². The summed E-state index contributed by atoms with van der Waals surface area (Å²) in [7, 11) is 0. The Morgan fingerprint density at radius 2 is 1.68 bits per heavy atom. The standard InChI is InChI=1S/C23H21Cl2NO2/c24-21-12-11-18(14-22(21)25)16-28-20-10-4-9-19(15-20)23(27)26-13-5-8-17-6-2-1-3-7-17/h1-4,6-7,9-12,14-15H,5,8,13,16H2,(H,26,27). The molecule has 1 amide bonds. The molecule has 28 heavy (non-hydrogen) atoms. The van der Waals surface area contributed by atoms with Crippen molar-refractivity contribution in [2.45, 2.75) is 19.4 Å². The minimum Gasteiger partial charge on any atom is -0.489 e. The number of amides is 1. The number of halogens is 2. The molecule has 0 heterocycles. The van der Waals surface area contributed by atoms with E-state index in [-0.39, 0.29) is 5.91 Å². The molecule has 0 aliphatic carbocycles. The van der Waals surface area contributed by atoms with Crippen LogP contribution in [0.5, 0.6) is 5.75 Å². The van der Waals surface area contributed by atoms with Gasteiger partial charge in [-0.1, -0.05) is 65.7 Å². The quantitative estimate of drug-likeness (QED) is 0.464. The Hall–Kier alpha value is -2.49. The van der Waals surface area contributed by atoms with Crippen molar-refractivity contribution in [1.82, 2.24) is 5.32 Å². The highest BCUT2D eigenvalue weighted by Gasteiger charge is 2.07. The number of rotatable bonds is 8. The number of carbonyl (C=O) groups is 1. The third-order valence-electron chi connectivity index (χ3n) is 4.26.